The number of hydrogen-bond donors (Lipinski definition) is 2. The van der Waals surface area contributed by atoms with Gasteiger partial charge in [0.05, 0.1) is 12.1 Å². The molecule has 2 N–H and O–H groups in total. The number of carbonyl (C=O) groups excluding carboxylic acids is 2. The molecule has 1 aromatic heterocycles. The second-order valence-electron chi connectivity index (χ2n) is 5.12. The highest BCUT2D eigenvalue weighted by molar-refractivity contribution is 5.98. The Labute approximate surface area is 139 Å². The maximum absolute atomic E-state index is 13.5. The number of benzene rings is 1. The molecule has 0 bridgehead atoms. The van der Waals surface area contributed by atoms with E-state index in [1.165, 1.54) is 30.3 Å². The lowest BCUT2D eigenvalue weighted by Gasteiger charge is -2.15. The molecule has 0 fully saturated rings. The minimum Gasteiger partial charge on any atom is -0.454 e. The minimum absolute atomic E-state index is 0.0750. The summed E-state index contributed by atoms with van der Waals surface area (Å²) in [5.74, 6) is -1.28. The number of furan rings is 1. The van der Waals surface area contributed by atoms with Crippen molar-refractivity contribution >= 4 is 11.8 Å². The van der Waals surface area contributed by atoms with Gasteiger partial charge in [-0.25, -0.2) is 4.39 Å². The molecule has 2 amide bonds. The maximum atomic E-state index is 13.5. The number of nitrogens with zero attached hydrogens (tertiary/aromatic N) is 1. The highest BCUT2D eigenvalue weighted by atomic mass is 19.1. The number of hydrogen-bond acceptors (Lipinski definition) is 4. The van der Waals surface area contributed by atoms with E-state index in [1.54, 1.807) is 6.07 Å². The van der Waals surface area contributed by atoms with Gasteiger partial charge in [0, 0.05) is 0 Å². The molecule has 0 radical (unpaired) electrons. The summed E-state index contributed by atoms with van der Waals surface area (Å²) in [6, 6.07) is 8.75. The summed E-state index contributed by atoms with van der Waals surface area (Å²) in [7, 11) is 0. The molecule has 0 saturated heterocycles. The van der Waals surface area contributed by atoms with E-state index < -0.39 is 17.6 Å². The van der Waals surface area contributed by atoms with Crippen LogP contribution in [0.25, 0.3) is 0 Å². The molecule has 0 aliphatic heterocycles. The second kappa shape index (κ2) is 8.26. The van der Waals surface area contributed by atoms with Gasteiger partial charge in [0.25, 0.3) is 5.91 Å². The lowest BCUT2D eigenvalue weighted by Crippen LogP contribution is -2.41. The van der Waals surface area contributed by atoms with Gasteiger partial charge in [-0.1, -0.05) is 26.0 Å². The van der Waals surface area contributed by atoms with E-state index in [9.17, 15) is 14.0 Å². The van der Waals surface area contributed by atoms with E-state index in [-0.39, 0.29) is 11.3 Å². The molecule has 1 heterocycles. The minimum atomic E-state index is -0.739. The van der Waals surface area contributed by atoms with Crippen LogP contribution in [-0.4, -0.2) is 29.8 Å². The Bertz CT molecular complexity index is 711. The van der Waals surface area contributed by atoms with Gasteiger partial charge >= 0.3 is 5.91 Å². The molecule has 6 nitrogen and oxygen atoms in total. The van der Waals surface area contributed by atoms with Crippen LogP contribution in [0.5, 0.6) is 0 Å². The summed E-state index contributed by atoms with van der Waals surface area (Å²) in [6.45, 7) is 6.42. The van der Waals surface area contributed by atoms with Crippen LogP contribution in [-0.2, 0) is 6.54 Å². The van der Waals surface area contributed by atoms with Crippen LogP contribution in [0.2, 0.25) is 0 Å². The van der Waals surface area contributed by atoms with Crippen LogP contribution in [0.4, 0.5) is 4.39 Å². The molecule has 0 aliphatic carbocycles. The zero-order valence-corrected chi connectivity index (χ0v) is 13.6. The molecule has 2 aromatic rings. The maximum Gasteiger partial charge on any atom is 0.305 e. The normalized spacial score (nSPS) is 10.7. The number of nitrogens with one attached hydrogen (secondary N) is 2. The van der Waals surface area contributed by atoms with Crippen molar-refractivity contribution in [3.63, 3.8) is 0 Å². The fourth-order valence-electron chi connectivity index (χ4n) is 2.14. The van der Waals surface area contributed by atoms with E-state index in [1.807, 2.05) is 13.8 Å². The summed E-state index contributed by atoms with van der Waals surface area (Å²) in [5, 5.41) is 0. The number of hydrazine groups is 1. The van der Waals surface area contributed by atoms with Gasteiger partial charge in [-0.2, -0.15) is 0 Å². The van der Waals surface area contributed by atoms with Crippen LogP contribution in [0, 0.1) is 5.82 Å². The van der Waals surface area contributed by atoms with Crippen molar-refractivity contribution in [1.82, 2.24) is 15.8 Å². The molecule has 0 saturated carbocycles. The molecule has 0 spiro atoms. The monoisotopic (exact) mass is 333 g/mol. The van der Waals surface area contributed by atoms with Crippen LogP contribution < -0.4 is 10.9 Å². The lowest BCUT2D eigenvalue weighted by molar-refractivity contribution is 0.0826. The van der Waals surface area contributed by atoms with Crippen LogP contribution >= 0.6 is 0 Å². The van der Waals surface area contributed by atoms with Crippen molar-refractivity contribution < 1.29 is 18.4 Å². The number of amides is 2. The molecule has 24 heavy (non-hydrogen) atoms. The lowest BCUT2D eigenvalue weighted by atomic mass is 10.2. The largest absolute Gasteiger partial charge is 0.454 e. The number of carbonyl (C=O) groups is 2. The van der Waals surface area contributed by atoms with Crippen LogP contribution in [0.15, 0.2) is 40.8 Å². The third kappa shape index (κ3) is 4.42. The topological polar surface area (TPSA) is 74.6 Å². The fraction of sp³-hybridized carbons (Fsp3) is 0.294. The first-order chi connectivity index (χ1) is 11.5. The second-order valence-corrected chi connectivity index (χ2v) is 5.12. The van der Waals surface area contributed by atoms with Crippen molar-refractivity contribution in [2.24, 2.45) is 0 Å². The first-order valence-corrected chi connectivity index (χ1v) is 7.71. The molecule has 1 aromatic carbocycles. The zero-order chi connectivity index (χ0) is 17.5. The summed E-state index contributed by atoms with van der Waals surface area (Å²) < 4.78 is 18.9. The molecule has 7 heteroatoms. The van der Waals surface area contributed by atoms with Gasteiger partial charge in [0.2, 0.25) is 0 Å². The van der Waals surface area contributed by atoms with Crippen molar-refractivity contribution in [3.05, 3.63) is 59.3 Å². The zero-order valence-electron chi connectivity index (χ0n) is 13.6. The molecular weight excluding hydrogens is 313 g/mol. The van der Waals surface area contributed by atoms with E-state index in [4.69, 9.17) is 4.42 Å². The van der Waals surface area contributed by atoms with Gasteiger partial charge in [0.15, 0.2) is 5.76 Å². The molecule has 2 rings (SSSR count). The van der Waals surface area contributed by atoms with Gasteiger partial charge in [0.1, 0.15) is 11.6 Å². The Morgan fingerprint density at radius 1 is 1.04 bits per heavy atom. The van der Waals surface area contributed by atoms with Crippen molar-refractivity contribution in [2.75, 3.05) is 13.1 Å². The Balaban J connectivity index is 1.92. The van der Waals surface area contributed by atoms with Crippen molar-refractivity contribution in [2.45, 2.75) is 20.4 Å². The molecule has 128 valence electrons. The Kier molecular flexibility index (Phi) is 6.08. The highest BCUT2D eigenvalue weighted by Crippen LogP contribution is 2.10. The van der Waals surface area contributed by atoms with Gasteiger partial charge in [-0.15, -0.1) is 0 Å². The van der Waals surface area contributed by atoms with Gasteiger partial charge in [-0.05, 0) is 37.4 Å². The molecular formula is C17H20FN3O3. The Hall–Kier alpha value is -2.67. The number of rotatable bonds is 6. The third-order valence-electron chi connectivity index (χ3n) is 3.57. The van der Waals surface area contributed by atoms with E-state index in [2.05, 4.69) is 15.8 Å². The highest BCUT2D eigenvalue weighted by Gasteiger charge is 2.15. The SMILES string of the molecule is CCN(CC)Cc1ccc(C(=O)NNC(=O)c2ccccc2F)o1. The van der Waals surface area contributed by atoms with E-state index in [0.717, 1.165) is 13.1 Å². The summed E-state index contributed by atoms with van der Waals surface area (Å²) in [5.41, 5.74) is 4.21. The Morgan fingerprint density at radius 3 is 2.38 bits per heavy atom. The fourth-order valence-corrected chi connectivity index (χ4v) is 2.14. The molecule has 0 aliphatic rings. The number of halogens is 1. The average Bonchev–Trinajstić information content (AvgIpc) is 3.06. The van der Waals surface area contributed by atoms with E-state index in [0.29, 0.717) is 12.3 Å². The average molecular weight is 333 g/mol. The molecule has 0 atom stereocenters. The first-order valence-electron chi connectivity index (χ1n) is 7.71. The predicted molar refractivity (Wildman–Crippen MR) is 86.7 cm³/mol. The Morgan fingerprint density at radius 2 is 1.71 bits per heavy atom. The molecule has 0 unspecified atom stereocenters. The summed E-state index contributed by atoms with van der Waals surface area (Å²) in [6.07, 6.45) is 0. The quantitative estimate of drug-likeness (QED) is 0.796. The van der Waals surface area contributed by atoms with E-state index >= 15 is 0 Å². The summed E-state index contributed by atoms with van der Waals surface area (Å²) in [4.78, 5) is 25.9. The van der Waals surface area contributed by atoms with Crippen molar-refractivity contribution in [3.8, 4) is 0 Å². The predicted octanol–water partition coefficient (Wildman–Crippen LogP) is 2.34. The van der Waals surface area contributed by atoms with Crippen molar-refractivity contribution in [1.29, 1.82) is 0 Å². The first kappa shape index (κ1) is 17.7. The van der Waals surface area contributed by atoms with Crippen LogP contribution in [0.3, 0.4) is 0 Å². The summed E-state index contributed by atoms with van der Waals surface area (Å²) >= 11 is 0. The standard InChI is InChI=1S/C17H20FN3O3/c1-3-21(4-2)11-12-9-10-15(24-12)17(23)20-19-16(22)13-7-5-6-8-14(13)18/h5-10H,3-4,11H2,1-2H3,(H,19,22)(H,20,23). The smallest absolute Gasteiger partial charge is 0.305 e. The van der Waals surface area contributed by atoms with Gasteiger partial charge in [-0.3, -0.25) is 25.3 Å². The third-order valence-corrected chi connectivity index (χ3v) is 3.57. The van der Waals surface area contributed by atoms with Crippen LogP contribution in [0.1, 0.15) is 40.5 Å². The van der Waals surface area contributed by atoms with Gasteiger partial charge < -0.3 is 4.42 Å².